The zero-order valence-corrected chi connectivity index (χ0v) is 24.4. The van der Waals surface area contributed by atoms with Crippen LogP contribution in [0, 0.1) is 12.8 Å². The summed E-state index contributed by atoms with van der Waals surface area (Å²) in [5.41, 5.74) is 2.06. The number of fused-ring (bicyclic) bond motifs is 1. The van der Waals surface area contributed by atoms with E-state index in [9.17, 15) is 8.42 Å². The van der Waals surface area contributed by atoms with Gasteiger partial charge in [-0.2, -0.15) is 4.98 Å². The van der Waals surface area contributed by atoms with Gasteiger partial charge < -0.3 is 14.4 Å². The number of halogens is 2. The van der Waals surface area contributed by atoms with Gasteiger partial charge >= 0.3 is 0 Å². The van der Waals surface area contributed by atoms with Crippen molar-refractivity contribution in [2.24, 2.45) is 5.92 Å². The minimum Gasteiger partial charge on any atom is -0.492 e. The van der Waals surface area contributed by atoms with Crippen molar-refractivity contribution in [1.29, 1.82) is 0 Å². The average molecular weight is 603 g/mol. The number of hydrogen-bond acceptors (Lipinski definition) is 8. The zero-order chi connectivity index (χ0) is 28.3. The van der Waals surface area contributed by atoms with Crippen LogP contribution in [0.3, 0.4) is 0 Å². The molecule has 0 bridgehead atoms. The third-order valence-electron chi connectivity index (χ3n) is 6.86. The summed E-state index contributed by atoms with van der Waals surface area (Å²) in [6.07, 6.45) is 5.18. The largest absolute Gasteiger partial charge is 0.492 e. The Morgan fingerprint density at radius 3 is 2.60 bits per heavy atom. The number of piperidine rings is 1. The zero-order valence-electron chi connectivity index (χ0n) is 22.1. The van der Waals surface area contributed by atoms with Crippen LogP contribution in [-0.2, 0) is 16.6 Å². The number of rotatable bonds is 9. The second kappa shape index (κ2) is 12.1. The predicted octanol–water partition coefficient (Wildman–Crippen LogP) is 5.74. The van der Waals surface area contributed by atoms with Gasteiger partial charge in [0.05, 0.1) is 16.5 Å². The van der Waals surface area contributed by atoms with Gasteiger partial charge in [-0.3, -0.25) is 9.71 Å². The van der Waals surface area contributed by atoms with Crippen LogP contribution in [0.4, 0.5) is 5.69 Å². The minimum absolute atomic E-state index is 0.0503. The number of ether oxygens (including phenoxy) is 2. The highest BCUT2D eigenvalue weighted by Crippen LogP contribution is 2.32. The molecule has 0 spiro atoms. The number of nitrogens with zero attached hydrogens (tertiary/aromatic N) is 4. The van der Waals surface area contributed by atoms with Gasteiger partial charge in [-0.15, -0.1) is 0 Å². The van der Waals surface area contributed by atoms with Crippen LogP contribution in [-0.4, -0.2) is 55.0 Å². The Morgan fingerprint density at radius 1 is 1.02 bits per heavy atom. The number of benzene rings is 2. The van der Waals surface area contributed by atoms with Gasteiger partial charge in [0.2, 0.25) is 5.88 Å². The molecule has 1 fully saturated rings. The smallest absolute Gasteiger partial charge is 0.262 e. The standard InChI is InChI=1S/C28H29Cl2N5O4S/c1-18-21(29)4-3-5-26(18)40(36,37)34-24-15-23-27(32-11-10-31-23)33-28(24)39-17-20-6-7-22(30)25(14-20)38-16-19-8-12-35(2)13-9-19/h3-7,10-11,14-15,19,34H,8-9,12-13,16-17H2,1-2H3. The molecule has 5 rings (SSSR count). The van der Waals surface area contributed by atoms with Crippen LogP contribution in [0.5, 0.6) is 11.6 Å². The topological polar surface area (TPSA) is 107 Å². The molecule has 1 aliphatic rings. The van der Waals surface area contributed by atoms with E-state index in [0.717, 1.165) is 31.5 Å². The summed E-state index contributed by atoms with van der Waals surface area (Å²) in [6.45, 7) is 4.44. The third-order valence-corrected chi connectivity index (χ3v) is 9.09. The van der Waals surface area contributed by atoms with Crippen molar-refractivity contribution in [3.05, 3.63) is 76.0 Å². The van der Waals surface area contributed by atoms with E-state index in [1.54, 1.807) is 31.2 Å². The maximum Gasteiger partial charge on any atom is 0.262 e. The Balaban J connectivity index is 1.37. The molecule has 9 nitrogen and oxygen atoms in total. The maximum absolute atomic E-state index is 13.3. The molecule has 1 N–H and O–H groups in total. The Bertz CT molecular complexity index is 1630. The first kappa shape index (κ1) is 28.4. The Morgan fingerprint density at radius 2 is 1.80 bits per heavy atom. The van der Waals surface area contributed by atoms with Crippen molar-refractivity contribution < 1.29 is 17.9 Å². The fourth-order valence-corrected chi connectivity index (χ4v) is 6.20. The van der Waals surface area contributed by atoms with Crippen molar-refractivity contribution >= 4 is 50.1 Å². The first-order valence-electron chi connectivity index (χ1n) is 12.8. The highest BCUT2D eigenvalue weighted by Gasteiger charge is 2.22. The van der Waals surface area contributed by atoms with Gasteiger partial charge in [-0.1, -0.05) is 35.3 Å². The van der Waals surface area contributed by atoms with Crippen molar-refractivity contribution in [1.82, 2.24) is 19.9 Å². The molecule has 0 unspecified atom stereocenters. The monoisotopic (exact) mass is 601 g/mol. The van der Waals surface area contributed by atoms with Crippen molar-refractivity contribution in [3.8, 4) is 11.6 Å². The second-order valence-corrected chi connectivity index (χ2v) is 12.3. The number of hydrogen-bond donors (Lipinski definition) is 1. The van der Waals surface area contributed by atoms with Crippen molar-refractivity contribution in [2.45, 2.75) is 31.3 Å². The second-order valence-electron chi connectivity index (χ2n) is 9.82. The molecule has 4 aromatic rings. The molecule has 0 atom stereocenters. The van der Waals surface area contributed by atoms with Gasteiger partial charge in [0, 0.05) is 17.4 Å². The van der Waals surface area contributed by atoms with Gasteiger partial charge in [0.15, 0.2) is 5.65 Å². The van der Waals surface area contributed by atoms with E-state index in [2.05, 4.69) is 31.6 Å². The lowest BCUT2D eigenvalue weighted by Crippen LogP contribution is -2.32. The maximum atomic E-state index is 13.3. The summed E-state index contributed by atoms with van der Waals surface area (Å²) >= 11 is 12.6. The first-order valence-corrected chi connectivity index (χ1v) is 15.1. The van der Waals surface area contributed by atoms with Gasteiger partial charge in [0.1, 0.15) is 23.6 Å². The fraction of sp³-hybridized carbons (Fsp3) is 0.321. The lowest BCUT2D eigenvalue weighted by atomic mass is 9.98. The van der Waals surface area contributed by atoms with Crippen molar-refractivity contribution in [2.75, 3.05) is 31.5 Å². The Labute approximate surface area is 243 Å². The van der Waals surface area contributed by atoms with Crippen LogP contribution in [0.1, 0.15) is 24.0 Å². The van der Waals surface area contributed by atoms with E-state index >= 15 is 0 Å². The van der Waals surface area contributed by atoms with Crippen LogP contribution in [0.25, 0.3) is 11.2 Å². The minimum atomic E-state index is -4.02. The molecular formula is C28H29Cl2N5O4S. The molecule has 0 aliphatic carbocycles. The van der Waals surface area contributed by atoms with Crippen LogP contribution < -0.4 is 14.2 Å². The Hall–Kier alpha value is -3.18. The van der Waals surface area contributed by atoms with Crippen LogP contribution >= 0.6 is 23.2 Å². The van der Waals surface area contributed by atoms with E-state index in [0.29, 0.717) is 45.0 Å². The molecule has 1 aliphatic heterocycles. The average Bonchev–Trinajstić information content (AvgIpc) is 2.94. The van der Waals surface area contributed by atoms with Crippen molar-refractivity contribution in [3.63, 3.8) is 0 Å². The summed E-state index contributed by atoms with van der Waals surface area (Å²) < 4.78 is 41.3. The summed E-state index contributed by atoms with van der Waals surface area (Å²) in [5.74, 6) is 1.12. The number of sulfonamides is 1. The van der Waals surface area contributed by atoms with Crippen LogP contribution in [0.2, 0.25) is 10.0 Å². The predicted molar refractivity (Wildman–Crippen MR) is 156 cm³/mol. The molecule has 12 heteroatoms. The fourth-order valence-electron chi connectivity index (χ4n) is 4.48. The SMILES string of the molecule is Cc1c(Cl)cccc1S(=O)(=O)Nc1cc2nccnc2nc1OCc1ccc(Cl)c(OCC2CCN(C)CC2)c1. The number of likely N-dealkylation sites (tertiary alicyclic amines) is 1. The number of nitrogens with one attached hydrogen (secondary N) is 1. The van der Waals surface area contributed by atoms with E-state index in [-0.39, 0.29) is 23.1 Å². The molecule has 0 radical (unpaired) electrons. The number of anilines is 1. The highest BCUT2D eigenvalue weighted by atomic mass is 35.5. The number of aromatic nitrogens is 3. The summed E-state index contributed by atoms with van der Waals surface area (Å²) in [4.78, 5) is 15.3. The van der Waals surface area contributed by atoms with E-state index < -0.39 is 10.0 Å². The molecule has 2 aromatic heterocycles. The molecule has 210 valence electrons. The lowest BCUT2D eigenvalue weighted by Gasteiger charge is -2.28. The number of pyridine rings is 1. The summed E-state index contributed by atoms with van der Waals surface area (Å²) in [6, 6.07) is 11.7. The van der Waals surface area contributed by atoms with Gasteiger partial charge in [-0.05, 0) is 87.3 Å². The molecule has 40 heavy (non-hydrogen) atoms. The molecule has 3 heterocycles. The van der Waals surface area contributed by atoms with Gasteiger partial charge in [0.25, 0.3) is 10.0 Å². The van der Waals surface area contributed by atoms with E-state index in [1.165, 1.54) is 18.5 Å². The molecule has 2 aromatic carbocycles. The third kappa shape index (κ3) is 6.58. The van der Waals surface area contributed by atoms with E-state index in [1.807, 2.05) is 12.1 Å². The summed E-state index contributed by atoms with van der Waals surface area (Å²) in [5, 5.41) is 0.861. The molecule has 1 saturated heterocycles. The lowest BCUT2D eigenvalue weighted by molar-refractivity contribution is 0.160. The van der Waals surface area contributed by atoms with E-state index in [4.69, 9.17) is 32.7 Å². The quantitative estimate of drug-likeness (QED) is 0.259. The molecule has 0 amide bonds. The van der Waals surface area contributed by atoms with Gasteiger partial charge in [-0.25, -0.2) is 13.4 Å². The normalized spacial score (nSPS) is 14.8. The summed E-state index contributed by atoms with van der Waals surface area (Å²) in [7, 11) is -1.89. The molecular weight excluding hydrogens is 573 g/mol. The van der Waals surface area contributed by atoms with Crippen LogP contribution in [0.15, 0.2) is 59.8 Å². The molecule has 0 saturated carbocycles. The Kier molecular flexibility index (Phi) is 8.60. The highest BCUT2D eigenvalue weighted by molar-refractivity contribution is 7.92. The first-order chi connectivity index (χ1) is 19.2.